The van der Waals surface area contributed by atoms with Crippen LogP contribution in [0.1, 0.15) is 43.5 Å². The van der Waals surface area contributed by atoms with E-state index < -0.39 is 0 Å². The zero-order valence-electron chi connectivity index (χ0n) is 17.1. The fourth-order valence-corrected chi connectivity index (χ4v) is 4.66. The molecule has 5 rings (SSSR count). The zero-order valence-corrected chi connectivity index (χ0v) is 17.1. The first-order valence-electron chi connectivity index (χ1n) is 10.9. The van der Waals surface area contributed by atoms with Crippen LogP contribution in [0.15, 0.2) is 42.5 Å². The lowest BCUT2D eigenvalue weighted by Gasteiger charge is -2.35. The van der Waals surface area contributed by atoms with Gasteiger partial charge in [0.15, 0.2) is 0 Å². The Morgan fingerprint density at radius 3 is 2.69 bits per heavy atom. The topological polar surface area (TPSA) is 33.1 Å². The SMILES string of the molecule is CCc1nn(C2CCC2)c2cc(N3CCNC(Cc4ccc(F)cc4)C3)ccc12. The van der Waals surface area contributed by atoms with Crippen LogP contribution in [-0.2, 0) is 12.8 Å². The summed E-state index contributed by atoms with van der Waals surface area (Å²) in [6.45, 7) is 5.12. The van der Waals surface area contributed by atoms with E-state index >= 15 is 0 Å². The molecule has 5 heteroatoms. The molecule has 0 radical (unpaired) electrons. The maximum absolute atomic E-state index is 13.2. The molecule has 29 heavy (non-hydrogen) atoms. The molecule has 1 saturated carbocycles. The second-order valence-electron chi connectivity index (χ2n) is 8.46. The molecule has 1 atom stereocenters. The van der Waals surface area contributed by atoms with E-state index in [0.717, 1.165) is 32.5 Å². The van der Waals surface area contributed by atoms with Gasteiger partial charge in [-0.15, -0.1) is 0 Å². The van der Waals surface area contributed by atoms with Gasteiger partial charge in [0.1, 0.15) is 5.82 Å². The van der Waals surface area contributed by atoms with E-state index in [0.29, 0.717) is 12.1 Å². The number of fused-ring (bicyclic) bond motifs is 1. The van der Waals surface area contributed by atoms with Crippen LogP contribution < -0.4 is 10.2 Å². The molecule has 1 aliphatic heterocycles. The maximum Gasteiger partial charge on any atom is 0.123 e. The van der Waals surface area contributed by atoms with Crippen LogP contribution in [0.4, 0.5) is 10.1 Å². The van der Waals surface area contributed by atoms with Gasteiger partial charge < -0.3 is 10.2 Å². The zero-order chi connectivity index (χ0) is 19.8. The lowest BCUT2D eigenvalue weighted by atomic mass is 9.93. The first-order chi connectivity index (χ1) is 14.2. The van der Waals surface area contributed by atoms with Gasteiger partial charge in [-0.05, 0) is 68.0 Å². The Bertz CT molecular complexity index is 990. The molecule has 1 aliphatic carbocycles. The fourth-order valence-electron chi connectivity index (χ4n) is 4.66. The number of halogens is 1. The summed E-state index contributed by atoms with van der Waals surface area (Å²) in [5.74, 6) is -0.171. The summed E-state index contributed by atoms with van der Waals surface area (Å²) in [6.07, 6.45) is 5.70. The standard InChI is InChI=1S/C24H29FN4/c1-2-23-22-11-10-21(15-24(22)29(27-23)20-4-3-5-20)28-13-12-26-19(16-28)14-17-6-8-18(25)9-7-17/h6-11,15,19-20,26H,2-5,12-14,16H2,1H3. The van der Waals surface area contributed by atoms with Crippen molar-refractivity contribution in [3.05, 3.63) is 59.5 Å². The molecule has 1 aromatic heterocycles. The van der Waals surface area contributed by atoms with E-state index in [4.69, 9.17) is 5.10 Å². The molecule has 152 valence electrons. The number of hydrogen-bond acceptors (Lipinski definition) is 3. The Morgan fingerprint density at radius 2 is 1.97 bits per heavy atom. The highest BCUT2D eigenvalue weighted by Gasteiger charge is 2.25. The van der Waals surface area contributed by atoms with Gasteiger partial charge in [0.25, 0.3) is 0 Å². The monoisotopic (exact) mass is 392 g/mol. The van der Waals surface area contributed by atoms with E-state index in [1.807, 2.05) is 12.1 Å². The Balaban J connectivity index is 1.38. The van der Waals surface area contributed by atoms with Gasteiger partial charge in [0, 0.05) is 36.7 Å². The minimum Gasteiger partial charge on any atom is -0.369 e. The quantitative estimate of drug-likeness (QED) is 0.695. The number of nitrogens with zero attached hydrogens (tertiary/aromatic N) is 3. The molecular weight excluding hydrogens is 363 g/mol. The van der Waals surface area contributed by atoms with Crippen molar-refractivity contribution in [1.82, 2.24) is 15.1 Å². The van der Waals surface area contributed by atoms with Crippen molar-refractivity contribution in [3.63, 3.8) is 0 Å². The highest BCUT2D eigenvalue weighted by atomic mass is 19.1. The van der Waals surface area contributed by atoms with Crippen molar-refractivity contribution in [3.8, 4) is 0 Å². The van der Waals surface area contributed by atoms with Crippen LogP contribution in [0.25, 0.3) is 10.9 Å². The molecule has 0 spiro atoms. The van der Waals surface area contributed by atoms with Gasteiger partial charge in [0.05, 0.1) is 17.3 Å². The summed E-state index contributed by atoms with van der Waals surface area (Å²) < 4.78 is 15.5. The van der Waals surface area contributed by atoms with Gasteiger partial charge in [0.2, 0.25) is 0 Å². The molecule has 1 N–H and O–H groups in total. The summed E-state index contributed by atoms with van der Waals surface area (Å²) in [6, 6.07) is 14.7. The van der Waals surface area contributed by atoms with Gasteiger partial charge in [-0.2, -0.15) is 5.10 Å². The van der Waals surface area contributed by atoms with E-state index in [-0.39, 0.29) is 5.82 Å². The summed E-state index contributed by atoms with van der Waals surface area (Å²) in [5.41, 5.74) is 4.97. The molecule has 2 aliphatic rings. The van der Waals surface area contributed by atoms with Gasteiger partial charge in [-0.3, -0.25) is 4.68 Å². The number of aromatic nitrogens is 2. The number of benzene rings is 2. The molecule has 1 unspecified atom stereocenters. The van der Waals surface area contributed by atoms with Crippen molar-refractivity contribution in [1.29, 1.82) is 0 Å². The molecule has 2 aromatic carbocycles. The van der Waals surface area contributed by atoms with Crippen molar-refractivity contribution in [2.24, 2.45) is 0 Å². The van der Waals surface area contributed by atoms with Gasteiger partial charge in [-0.1, -0.05) is 19.1 Å². The minimum atomic E-state index is -0.171. The van der Waals surface area contributed by atoms with E-state index in [1.54, 1.807) is 12.1 Å². The first-order valence-corrected chi connectivity index (χ1v) is 10.9. The average molecular weight is 393 g/mol. The Morgan fingerprint density at radius 1 is 1.14 bits per heavy atom. The molecule has 3 aromatic rings. The second kappa shape index (κ2) is 7.79. The predicted molar refractivity (Wildman–Crippen MR) is 116 cm³/mol. The van der Waals surface area contributed by atoms with Gasteiger partial charge in [-0.25, -0.2) is 4.39 Å². The van der Waals surface area contributed by atoms with Crippen LogP contribution in [0, 0.1) is 5.82 Å². The molecule has 2 fully saturated rings. The van der Waals surface area contributed by atoms with Crippen LogP contribution >= 0.6 is 0 Å². The van der Waals surface area contributed by atoms with E-state index in [2.05, 4.69) is 40.0 Å². The third kappa shape index (κ3) is 3.64. The molecule has 1 saturated heterocycles. The number of anilines is 1. The van der Waals surface area contributed by atoms with Crippen molar-refractivity contribution in [2.45, 2.75) is 51.1 Å². The number of nitrogens with one attached hydrogen (secondary N) is 1. The largest absolute Gasteiger partial charge is 0.369 e. The molecular formula is C24H29FN4. The highest BCUT2D eigenvalue weighted by molar-refractivity contribution is 5.85. The molecule has 2 heterocycles. The number of hydrogen-bond donors (Lipinski definition) is 1. The number of piperazine rings is 1. The van der Waals surface area contributed by atoms with Crippen LogP contribution in [0.5, 0.6) is 0 Å². The predicted octanol–water partition coefficient (Wildman–Crippen LogP) is 4.48. The summed E-state index contributed by atoms with van der Waals surface area (Å²) in [5, 5.41) is 9.88. The van der Waals surface area contributed by atoms with Crippen LogP contribution in [0.3, 0.4) is 0 Å². The Hall–Kier alpha value is -2.40. The third-order valence-electron chi connectivity index (χ3n) is 6.54. The van der Waals surface area contributed by atoms with Crippen LogP contribution in [0.2, 0.25) is 0 Å². The van der Waals surface area contributed by atoms with Gasteiger partial charge >= 0.3 is 0 Å². The summed E-state index contributed by atoms with van der Waals surface area (Å²) >= 11 is 0. The normalized spacial score (nSPS) is 20.2. The van der Waals surface area contributed by atoms with E-state index in [9.17, 15) is 4.39 Å². The molecule has 0 bridgehead atoms. The lowest BCUT2D eigenvalue weighted by molar-refractivity contribution is 0.296. The summed E-state index contributed by atoms with van der Waals surface area (Å²) in [4.78, 5) is 2.48. The lowest BCUT2D eigenvalue weighted by Crippen LogP contribution is -2.51. The number of rotatable bonds is 5. The Labute approximate surface area is 171 Å². The smallest absolute Gasteiger partial charge is 0.123 e. The highest BCUT2D eigenvalue weighted by Crippen LogP contribution is 2.36. The maximum atomic E-state index is 13.2. The summed E-state index contributed by atoms with van der Waals surface area (Å²) in [7, 11) is 0. The average Bonchev–Trinajstić information content (AvgIpc) is 3.06. The third-order valence-corrected chi connectivity index (χ3v) is 6.54. The van der Waals surface area contributed by atoms with Crippen molar-refractivity contribution in [2.75, 3.05) is 24.5 Å². The second-order valence-corrected chi connectivity index (χ2v) is 8.46. The fraction of sp³-hybridized carbons (Fsp3) is 0.458. The molecule has 4 nitrogen and oxygen atoms in total. The van der Waals surface area contributed by atoms with Crippen molar-refractivity contribution < 1.29 is 4.39 Å². The van der Waals surface area contributed by atoms with Crippen molar-refractivity contribution >= 4 is 16.6 Å². The van der Waals surface area contributed by atoms with Crippen LogP contribution in [-0.4, -0.2) is 35.5 Å². The first kappa shape index (κ1) is 18.6. The van der Waals surface area contributed by atoms with E-state index in [1.165, 1.54) is 47.1 Å². The Kier molecular flexibility index (Phi) is 5.00. The number of aryl methyl sites for hydroxylation is 1. The molecule has 0 amide bonds. The minimum absolute atomic E-state index is 0.171.